The lowest BCUT2D eigenvalue weighted by Crippen LogP contribution is -2.34. The maximum Gasteiger partial charge on any atom is 0.315 e. The van der Waals surface area contributed by atoms with Crippen molar-refractivity contribution in [3.63, 3.8) is 0 Å². The maximum absolute atomic E-state index is 12.0. The molecule has 0 radical (unpaired) electrons. The largest absolute Gasteiger partial charge is 0.454 e. The number of nitrogens with zero attached hydrogens (tertiary/aromatic N) is 1. The summed E-state index contributed by atoms with van der Waals surface area (Å²) in [4.78, 5) is 12.0. The van der Waals surface area contributed by atoms with E-state index in [4.69, 9.17) is 14.0 Å². The number of benzene rings is 2. The standard InChI is InChI=1S/C18H17N3O4/c1-11-2-4-15-13(6-11)14(21-25-15)9-20-18(22)19-8-12-3-5-16-17(7-12)24-10-23-16/h2-7H,8-10H2,1H3,(H2,19,20,22). The zero-order valence-corrected chi connectivity index (χ0v) is 13.7. The first-order chi connectivity index (χ1) is 12.2. The fourth-order valence-corrected chi connectivity index (χ4v) is 2.69. The van der Waals surface area contributed by atoms with E-state index in [1.807, 2.05) is 43.3 Å². The molecule has 0 atom stereocenters. The van der Waals surface area contributed by atoms with Crippen molar-refractivity contribution in [3.8, 4) is 11.5 Å². The molecule has 4 rings (SSSR count). The third-order valence-electron chi connectivity index (χ3n) is 4.01. The summed E-state index contributed by atoms with van der Waals surface area (Å²) in [5.74, 6) is 1.42. The van der Waals surface area contributed by atoms with E-state index < -0.39 is 0 Å². The molecule has 7 nitrogen and oxygen atoms in total. The highest BCUT2D eigenvalue weighted by Crippen LogP contribution is 2.32. The van der Waals surface area contributed by atoms with Gasteiger partial charge in [-0.25, -0.2) is 4.79 Å². The van der Waals surface area contributed by atoms with Crippen LogP contribution in [0.5, 0.6) is 11.5 Å². The van der Waals surface area contributed by atoms with Gasteiger partial charge in [-0.05, 0) is 36.8 Å². The van der Waals surface area contributed by atoms with Gasteiger partial charge >= 0.3 is 6.03 Å². The first kappa shape index (κ1) is 15.3. The molecule has 1 aliphatic heterocycles. The van der Waals surface area contributed by atoms with Crippen LogP contribution in [0.25, 0.3) is 11.0 Å². The van der Waals surface area contributed by atoms with E-state index in [2.05, 4.69) is 15.8 Å². The molecule has 2 heterocycles. The minimum Gasteiger partial charge on any atom is -0.454 e. The Kier molecular flexibility index (Phi) is 3.89. The van der Waals surface area contributed by atoms with Gasteiger partial charge in [0, 0.05) is 11.9 Å². The van der Waals surface area contributed by atoms with Gasteiger partial charge in [0.1, 0.15) is 5.69 Å². The summed E-state index contributed by atoms with van der Waals surface area (Å²) in [6.45, 7) is 2.92. The number of rotatable bonds is 4. The Labute approximate surface area is 143 Å². The number of carbonyl (C=O) groups is 1. The summed E-state index contributed by atoms with van der Waals surface area (Å²) in [6, 6.07) is 11.1. The average Bonchev–Trinajstić information content (AvgIpc) is 3.24. The van der Waals surface area contributed by atoms with Crippen LogP contribution in [0.3, 0.4) is 0 Å². The molecule has 7 heteroatoms. The van der Waals surface area contributed by atoms with Gasteiger partial charge in [-0.15, -0.1) is 0 Å². The molecule has 2 amide bonds. The van der Waals surface area contributed by atoms with Crippen LogP contribution in [-0.2, 0) is 13.1 Å². The van der Waals surface area contributed by atoms with Crippen molar-refractivity contribution in [2.45, 2.75) is 20.0 Å². The van der Waals surface area contributed by atoms with Crippen LogP contribution < -0.4 is 20.1 Å². The van der Waals surface area contributed by atoms with Crippen molar-refractivity contribution in [2.24, 2.45) is 0 Å². The van der Waals surface area contributed by atoms with Crippen molar-refractivity contribution in [2.75, 3.05) is 6.79 Å². The number of amides is 2. The van der Waals surface area contributed by atoms with Crippen molar-refractivity contribution in [1.82, 2.24) is 15.8 Å². The third kappa shape index (κ3) is 3.21. The molecule has 2 N–H and O–H groups in total. The molecular formula is C18H17N3O4. The topological polar surface area (TPSA) is 85.6 Å². The van der Waals surface area contributed by atoms with Crippen LogP contribution in [0.15, 0.2) is 40.9 Å². The number of urea groups is 1. The highest BCUT2D eigenvalue weighted by molar-refractivity contribution is 5.81. The lowest BCUT2D eigenvalue weighted by atomic mass is 10.1. The Hall–Kier alpha value is -3.22. The predicted molar refractivity (Wildman–Crippen MR) is 90.4 cm³/mol. The monoisotopic (exact) mass is 339 g/mol. The van der Waals surface area contributed by atoms with Gasteiger partial charge in [0.05, 0.1) is 6.54 Å². The first-order valence-electron chi connectivity index (χ1n) is 7.94. The summed E-state index contributed by atoms with van der Waals surface area (Å²) in [6.07, 6.45) is 0. The van der Waals surface area contributed by atoms with Crippen molar-refractivity contribution in [3.05, 3.63) is 53.2 Å². The molecule has 1 aromatic heterocycles. The minimum absolute atomic E-state index is 0.234. The predicted octanol–water partition coefficient (Wildman–Crippen LogP) is 2.86. The van der Waals surface area contributed by atoms with E-state index in [9.17, 15) is 4.79 Å². The summed E-state index contributed by atoms with van der Waals surface area (Å²) >= 11 is 0. The molecule has 0 saturated heterocycles. The number of carbonyl (C=O) groups excluding carboxylic acids is 1. The summed E-state index contributed by atoms with van der Waals surface area (Å²) < 4.78 is 15.8. The summed E-state index contributed by atoms with van der Waals surface area (Å²) in [5, 5.41) is 10.5. The minimum atomic E-state index is -0.276. The third-order valence-corrected chi connectivity index (χ3v) is 4.01. The second-order valence-electron chi connectivity index (χ2n) is 5.85. The number of fused-ring (bicyclic) bond motifs is 2. The van der Waals surface area contributed by atoms with Gasteiger partial charge in [0.15, 0.2) is 17.1 Å². The van der Waals surface area contributed by atoms with Crippen LogP contribution in [-0.4, -0.2) is 18.0 Å². The van der Waals surface area contributed by atoms with Gasteiger partial charge in [0.2, 0.25) is 6.79 Å². The zero-order chi connectivity index (χ0) is 17.2. The lowest BCUT2D eigenvalue weighted by Gasteiger charge is -2.07. The number of ether oxygens (including phenoxy) is 2. The Balaban J connectivity index is 1.33. The van der Waals surface area contributed by atoms with Crippen molar-refractivity contribution in [1.29, 1.82) is 0 Å². The van der Waals surface area contributed by atoms with E-state index in [1.54, 1.807) is 0 Å². The molecule has 0 aliphatic carbocycles. The van der Waals surface area contributed by atoms with E-state index in [-0.39, 0.29) is 12.8 Å². The van der Waals surface area contributed by atoms with Crippen LogP contribution in [0.2, 0.25) is 0 Å². The number of hydrogen-bond donors (Lipinski definition) is 2. The van der Waals surface area contributed by atoms with E-state index >= 15 is 0 Å². The van der Waals surface area contributed by atoms with Crippen LogP contribution in [0.4, 0.5) is 4.79 Å². The molecule has 0 spiro atoms. The smallest absolute Gasteiger partial charge is 0.315 e. The SMILES string of the molecule is Cc1ccc2onc(CNC(=O)NCc3ccc4c(c3)OCO4)c2c1. The van der Waals surface area contributed by atoms with E-state index in [1.165, 1.54) is 0 Å². The van der Waals surface area contributed by atoms with Gasteiger partial charge in [-0.2, -0.15) is 0 Å². The number of aryl methyl sites for hydroxylation is 1. The van der Waals surface area contributed by atoms with Crippen LogP contribution in [0.1, 0.15) is 16.8 Å². The van der Waals surface area contributed by atoms with Gasteiger partial charge < -0.3 is 24.6 Å². The van der Waals surface area contributed by atoms with Crippen molar-refractivity contribution < 1.29 is 18.8 Å². The quantitative estimate of drug-likeness (QED) is 0.763. The van der Waals surface area contributed by atoms with Crippen molar-refractivity contribution >= 4 is 17.0 Å². The molecule has 0 unspecified atom stereocenters. The molecule has 0 bridgehead atoms. The lowest BCUT2D eigenvalue weighted by molar-refractivity contribution is 0.174. The van der Waals surface area contributed by atoms with E-state index in [0.29, 0.717) is 30.1 Å². The molecule has 25 heavy (non-hydrogen) atoms. The molecular weight excluding hydrogens is 322 g/mol. The summed E-state index contributed by atoms with van der Waals surface area (Å²) in [7, 11) is 0. The van der Waals surface area contributed by atoms with E-state index in [0.717, 1.165) is 22.3 Å². The normalized spacial score (nSPS) is 12.4. The van der Waals surface area contributed by atoms with Crippen LogP contribution >= 0.6 is 0 Å². The summed E-state index contributed by atoms with van der Waals surface area (Å²) in [5.41, 5.74) is 3.46. The highest BCUT2D eigenvalue weighted by Gasteiger charge is 2.14. The molecule has 1 aliphatic rings. The molecule has 128 valence electrons. The Bertz CT molecular complexity index is 935. The number of hydrogen-bond acceptors (Lipinski definition) is 5. The van der Waals surface area contributed by atoms with Gasteiger partial charge in [-0.1, -0.05) is 22.9 Å². The highest BCUT2D eigenvalue weighted by atomic mass is 16.7. The number of aromatic nitrogens is 1. The molecule has 0 saturated carbocycles. The maximum atomic E-state index is 12.0. The fraction of sp³-hybridized carbons (Fsp3) is 0.222. The van der Waals surface area contributed by atoms with Gasteiger partial charge in [-0.3, -0.25) is 0 Å². The van der Waals surface area contributed by atoms with Crippen LogP contribution in [0, 0.1) is 6.92 Å². The molecule has 3 aromatic rings. The van der Waals surface area contributed by atoms with Gasteiger partial charge in [0.25, 0.3) is 0 Å². The second-order valence-corrected chi connectivity index (χ2v) is 5.85. The molecule has 2 aromatic carbocycles. The fourth-order valence-electron chi connectivity index (χ4n) is 2.69. The first-order valence-corrected chi connectivity index (χ1v) is 7.94. The zero-order valence-electron chi connectivity index (χ0n) is 13.7. The number of nitrogens with one attached hydrogen (secondary N) is 2. The Morgan fingerprint density at radius 3 is 2.84 bits per heavy atom. The second kappa shape index (κ2) is 6.35. The average molecular weight is 339 g/mol. The molecule has 0 fully saturated rings. The Morgan fingerprint density at radius 2 is 1.92 bits per heavy atom. The Morgan fingerprint density at radius 1 is 1.08 bits per heavy atom.